The topological polar surface area (TPSA) is 130 Å². The van der Waals surface area contributed by atoms with Gasteiger partial charge in [-0.15, -0.1) is 0 Å². The van der Waals surface area contributed by atoms with Gasteiger partial charge in [0.25, 0.3) is 0 Å². The van der Waals surface area contributed by atoms with Crippen LogP contribution in [0, 0.1) is 12.3 Å². The summed E-state index contributed by atoms with van der Waals surface area (Å²) in [6, 6.07) is 0. The zero-order valence-corrected chi connectivity index (χ0v) is 19.7. The third-order valence-electron chi connectivity index (χ3n) is 1.65. The maximum Gasteiger partial charge on any atom is 0.101 e. The van der Waals surface area contributed by atoms with E-state index in [1.807, 2.05) is 0 Å². The predicted molar refractivity (Wildman–Crippen MR) is 110 cm³/mol. The van der Waals surface area contributed by atoms with Crippen molar-refractivity contribution in [3.05, 3.63) is 6.92 Å². The minimum Gasteiger partial charge on any atom is -0.411 e. The molecule has 0 rings (SSSR count). The Balaban J connectivity index is -0.0000000773. The normalized spacial score (nSPS) is 12.5. The monoisotopic (exact) mass is 439 g/mol. The first kappa shape index (κ1) is 35.8. The van der Waals surface area contributed by atoms with Crippen LogP contribution < -0.4 is 0 Å². The van der Waals surface area contributed by atoms with Crippen LogP contribution in [0.2, 0.25) is 0 Å². The molecule has 0 unspecified atom stereocenters. The summed E-state index contributed by atoms with van der Waals surface area (Å²) in [5, 5.41) is 43.3. The molecular weight excluding hydrogens is 402 g/mol. The largest absolute Gasteiger partial charge is 0.411 e. The van der Waals surface area contributed by atoms with Crippen LogP contribution in [0.5, 0.6) is 0 Å². The molecule has 0 aromatic heterocycles. The third-order valence-corrected chi connectivity index (χ3v) is 1.65. The molecule has 0 heterocycles. The Labute approximate surface area is 170 Å². The van der Waals surface area contributed by atoms with Gasteiger partial charge in [-0.25, -0.2) is 0 Å². The molecule has 0 amide bonds. The number of oxime groups is 4. The molecule has 0 saturated heterocycles. The average Bonchev–Trinajstić information content (AvgIpc) is 2.50. The summed E-state index contributed by atoms with van der Waals surface area (Å²) in [6.45, 7) is 23.0. The fraction of sp³-hybridized carbons (Fsp3) is 0.688. The first-order valence-corrected chi connectivity index (χ1v) is 10.5. The predicted octanol–water partition coefficient (Wildman–Crippen LogP) is 4.33. The van der Waals surface area contributed by atoms with E-state index in [2.05, 4.69) is 68.3 Å². The van der Waals surface area contributed by atoms with E-state index in [4.69, 9.17) is 20.8 Å². The van der Waals surface area contributed by atoms with Crippen molar-refractivity contribution in [3.8, 4) is 0 Å². The minimum atomic E-state index is 0. The van der Waals surface area contributed by atoms with Gasteiger partial charge in [-0.3, -0.25) is 0 Å². The Morgan fingerprint density at radius 1 is 0.654 bits per heavy atom. The van der Waals surface area contributed by atoms with Crippen molar-refractivity contribution in [2.45, 2.75) is 48.5 Å². The summed E-state index contributed by atoms with van der Waals surface area (Å²) in [4.78, 5) is 0. The van der Waals surface area contributed by atoms with Crippen molar-refractivity contribution in [2.24, 2.45) is 26.0 Å². The van der Waals surface area contributed by atoms with Crippen LogP contribution in [0.4, 0.5) is 0 Å². The minimum absolute atomic E-state index is 0. The molecule has 0 fully saturated rings. The van der Waals surface area contributed by atoms with Gasteiger partial charge >= 0.3 is 0 Å². The van der Waals surface area contributed by atoms with Crippen molar-refractivity contribution in [1.29, 1.82) is 0 Å². The van der Waals surface area contributed by atoms with E-state index in [9.17, 15) is 0 Å². The van der Waals surface area contributed by atoms with E-state index in [0.29, 0.717) is 22.8 Å². The van der Waals surface area contributed by atoms with Gasteiger partial charge in [0.15, 0.2) is 0 Å². The van der Waals surface area contributed by atoms with Gasteiger partial charge in [-0.05, 0) is 35.6 Å². The van der Waals surface area contributed by atoms with Gasteiger partial charge < -0.3 is 27.8 Å². The Bertz CT molecular complexity index is 373. The Hall–Kier alpha value is -1.18. The zero-order valence-electron chi connectivity index (χ0n) is 17.6. The van der Waals surface area contributed by atoms with Gasteiger partial charge in [0.05, 0.1) is 0 Å². The Kier molecular flexibility index (Phi) is 30.1. The second-order valence-corrected chi connectivity index (χ2v) is 9.80. The van der Waals surface area contributed by atoms with Gasteiger partial charge in [-0.2, -0.15) is 5.41 Å². The van der Waals surface area contributed by atoms with Crippen LogP contribution in [0.25, 0.3) is 0 Å². The molecule has 0 aliphatic carbocycles. The smallest absolute Gasteiger partial charge is 0.101 e. The molecule has 0 aromatic carbocycles. The van der Waals surface area contributed by atoms with Gasteiger partial charge in [0, 0.05) is 36.8 Å². The molecule has 0 bridgehead atoms. The zero-order chi connectivity index (χ0) is 21.2. The van der Waals surface area contributed by atoms with Gasteiger partial charge in [0.2, 0.25) is 0 Å². The van der Waals surface area contributed by atoms with Crippen LogP contribution in [0.1, 0.15) is 48.5 Å². The molecule has 10 heteroatoms. The van der Waals surface area contributed by atoms with E-state index < -0.39 is 0 Å². The van der Waals surface area contributed by atoms with Gasteiger partial charge in [0.1, 0.15) is 22.8 Å². The Morgan fingerprint density at radius 3 is 0.769 bits per heavy atom. The first-order chi connectivity index (χ1) is 11.2. The summed E-state index contributed by atoms with van der Waals surface area (Å²) in [7, 11) is 0.120. The summed E-state index contributed by atoms with van der Waals surface area (Å²) < 4.78 is 0. The summed E-state index contributed by atoms with van der Waals surface area (Å²) in [6.07, 6.45) is 0. The van der Waals surface area contributed by atoms with Crippen molar-refractivity contribution < 1.29 is 37.6 Å². The molecule has 0 saturated carbocycles. The van der Waals surface area contributed by atoms with E-state index in [0.717, 1.165) is 0 Å². The molecule has 0 aliphatic rings. The molecule has 8 nitrogen and oxygen atoms in total. The molecule has 0 aliphatic heterocycles. The van der Waals surface area contributed by atoms with Gasteiger partial charge in [-0.1, -0.05) is 41.4 Å². The number of rotatable bonds is 2. The average molecular weight is 439 g/mol. The second kappa shape index (κ2) is 21.9. The van der Waals surface area contributed by atoms with E-state index >= 15 is 0 Å². The van der Waals surface area contributed by atoms with Crippen molar-refractivity contribution in [1.82, 2.24) is 0 Å². The Morgan fingerprint density at radius 2 is 0.731 bits per heavy atom. The summed E-state index contributed by atoms with van der Waals surface area (Å²) in [5.41, 5.74) is 1.50. The van der Waals surface area contributed by atoms with Crippen LogP contribution in [0.15, 0.2) is 20.6 Å². The standard InChI is InChI=1S/C5H11.2C4H8N2O2.C3H9P.Co/c1-5(2,3)4;2*1-3(5-7)4(2)6-8;1-4(2)3;/h1H2,2-4H3;2*7-8H,1-2H3;1-3H3;/q-1;;;;/p+1/b;2*5-3+,6-4+;;. The van der Waals surface area contributed by atoms with E-state index in [1.54, 1.807) is 0 Å². The SMILES string of the molecule is CC(=N\O)/C(C)=N/O.CC(=N\O)/C(C)=N/O.C[PH+](C)C.[CH2-]C(C)(C)C.[Co]. The summed E-state index contributed by atoms with van der Waals surface area (Å²) >= 11 is 0. The third kappa shape index (κ3) is 49.5. The molecule has 159 valence electrons. The van der Waals surface area contributed by atoms with E-state index in [1.165, 1.54) is 27.7 Å². The molecule has 26 heavy (non-hydrogen) atoms. The number of nitrogens with zero attached hydrogens (tertiary/aromatic N) is 4. The first-order valence-electron chi connectivity index (χ1n) is 7.55. The van der Waals surface area contributed by atoms with Crippen molar-refractivity contribution >= 4 is 30.8 Å². The molecule has 0 spiro atoms. The van der Waals surface area contributed by atoms with Crippen LogP contribution in [-0.2, 0) is 16.8 Å². The maximum absolute atomic E-state index is 8.03. The number of hydrogen-bond acceptors (Lipinski definition) is 8. The fourth-order valence-electron chi connectivity index (χ4n) is 0.289. The van der Waals surface area contributed by atoms with Crippen LogP contribution in [0.3, 0.4) is 0 Å². The summed E-state index contributed by atoms with van der Waals surface area (Å²) in [5.74, 6) is 0. The quantitative estimate of drug-likeness (QED) is 0.168. The molecule has 0 aromatic rings. The fourth-order valence-corrected chi connectivity index (χ4v) is 0.289. The number of hydrogen-bond donors (Lipinski definition) is 4. The van der Waals surface area contributed by atoms with Crippen LogP contribution in [-0.4, -0.2) is 63.7 Å². The second-order valence-electron chi connectivity index (χ2n) is 6.80. The van der Waals surface area contributed by atoms with Crippen molar-refractivity contribution in [3.63, 3.8) is 0 Å². The molecule has 1 radical (unpaired) electrons. The van der Waals surface area contributed by atoms with E-state index in [-0.39, 0.29) is 30.1 Å². The molecular formula is C16H37CoN4O4P. The maximum atomic E-state index is 8.03. The molecule has 4 N–H and O–H groups in total. The van der Waals surface area contributed by atoms with Crippen molar-refractivity contribution in [2.75, 3.05) is 20.0 Å². The molecule has 0 atom stereocenters. The van der Waals surface area contributed by atoms with Crippen LogP contribution >= 0.6 is 7.92 Å².